The maximum absolute atomic E-state index is 11.7. The number of rotatable bonds is 8. The average Bonchev–Trinajstić information content (AvgIpc) is 2.46. The van der Waals surface area contributed by atoms with Gasteiger partial charge in [-0.05, 0) is 12.5 Å². The van der Waals surface area contributed by atoms with Crippen LogP contribution >= 0.6 is 23.2 Å². The number of carbonyl (C=O) groups is 1. The lowest BCUT2D eigenvalue weighted by molar-refractivity contribution is -0.137. The number of benzene rings is 1. The average molecular weight is 316 g/mol. The number of carbonyl (C=O) groups excluding carboxylic acids is 1. The number of halogens is 2. The molecule has 1 rings (SSSR count). The molecule has 3 nitrogen and oxygen atoms in total. The maximum atomic E-state index is 11.7. The van der Waals surface area contributed by atoms with Crippen LogP contribution in [0.5, 0.6) is 0 Å². The molecule has 1 aromatic rings. The van der Waals surface area contributed by atoms with Gasteiger partial charge in [-0.2, -0.15) is 0 Å². The zero-order valence-electron chi connectivity index (χ0n) is 11.5. The third kappa shape index (κ3) is 5.43. The molecule has 1 aromatic carbocycles. The second-order valence-electron chi connectivity index (χ2n) is 4.01. The highest BCUT2D eigenvalue weighted by molar-refractivity contribution is 6.18. The summed E-state index contributed by atoms with van der Waals surface area (Å²) < 4.78 is 4.99. The smallest absolute Gasteiger partial charge is 0.332 e. The van der Waals surface area contributed by atoms with E-state index in [9.17, 15) is 4.79 Å². The van der Waals surface area contributed by atoms with Crippen LogP contribution in [-0.4, -0.2) is 42.3 Å². The zero-order valence-corrected chi connectivity index (χ0v) is 13.0. The fourth-order valence-corrected chi connectivity index (χ4v) is 2.23. The standard InChI is InChI=1S/C15H19Cl2NO2/c1-2-20-15(19)12-14(13-6-4-3-5-7-13)18(10-8-16)11-9-17/h3-7,12H,2,8-11H2,1H3/b14-12+. The molecule has 0 bridgehead atoms. The van der Waals surface area contributed by atoms with Crippen molar-refractivity contribution in [1.29, 1.82) is 0 Å². The summed E-state index contributed by atoms with van der Waals surface area (Å²) in [4.78, 5) is 13.7. The molecule has 0 saturated heterocycles. The van der Waals surface area contributed by atoms with E-state index in [1.54, 1.807) is 6.92 Å². The second-order valence-corrected chi connectivity index (χ2v) is 4.77. The van der Waals surface area contributed by atoms with E-state index in [2.05, 4.69) is 0 Å². The highest BCUT2D eigenvalue weighted by Gasteiger charge is 2.13. The summed E-state index contributed by atoms with van der Waals surface area (Å²) in [6, 6.07) is 9.67. The van der Waals surface area contributed by atoms with Crippen molar-refractivity contribution in [3.63, 3.8) is 0 Å². The number of esters is 1. The highest BCUT2D eigenvalue weighted by Crippen LogP contribution is 2.19. The fraction of sp³-hybridized carbons (Fsp3) is 0.400. The van der Waals surface area contributed by atoms with E-state index in [4.69, 9.17) is 27.9 Å². The Morgan fingerprint density at radius 1 is 1.20 bits per heavy atom. The molecule has 0 aliphatic rings. The van der Waals surface area contributed by atoms with Crippen molar-refractivity contribution in [2.75, 3.05) is 31.5 Å². The Bertz CT molecular complexity index is 429. The molecule has 0 spiro atoms. The minimum atomic E-state index is -0.361. The van der Waals surface area contributed by atoms with Gasteiger partial charge in [0.05, 0.1) is 12.3 Å². The summed E-state index contributed by atoms with van der Waals surface area (Å²) in [6.45, 7) is 3.37. The van der Waals surface area contributed by atoms with Gasteiger partial charge in [0.2, 0.25) is 0 Å². The van der Waals surface area contributed by atoms with E-state index in [1.165, 1.54) is 6.08 Å². The Kier molecular flexibility index (Phi) is 8.16. The lowest BCUT2D eigenvalue weighted by Gasteiger charge is -2.26. The van der Waals surface area contributed by atoms with Crippen molar-refractivity contribution >= 4 is 34.9 Å². The Morgan fingerprint density at radius 3 is 2.30 bits per heavy atom. The molecule has 0 saturated carbocycles. The zero-order chi connectivity index (χ0) is 14.8. The van der Waals surface area contributed by atoms with Crippen LogP contribution < -0.4 is 0 Å². The predicted octanol–water partition coefficient (Wildman–Crippen LogP) is 3.37. The summed E-state index contributed by atoms with van der Waals surface area (Å²) in [5, 5.41) is 0. The Hall–Kier alpha value is -1.19. The van der Waals surface area contributed by atoms with E-state index in [0.717, 1.165) is 11.3 Å². The monoisotopic (exact) mass is 315 g/mol. The molecule has 0 heterocycles. The molecule has 0 amide bonds. The Labute approximate surface area is 130 Å². The van der Waals surface area contributed by atoms with Crippen LogP contribution in [0.4, 0.5) is 0 Å². The first-order valence-electron chi connectivity index (χ1n) is 6.53. The second kappa shape index (κ2) is 9.67. The van der Waals surface area contributed by atoms with Crippen molar-refractivity contribution in [3.8, 4) is 0 Å². The quantitative estimate of drug-likeness (QED) is 0.418. The van der Waals surface area contributed by atoms with Crippen molar-refractivity contribution in [2.24, 2.45) is 0 Å². The molecule has 0 fully saturated rings. The number of alkyl halides is 2. The number of hydrogen-bond acceptors (Lipinski definition) is 3. The largest absolute Gasteiger partial charge is 0.463 e. The molecule has 0 atom stereocenters. The van der Waals surface area contributed by atoms with Gasteiger partial charge in [0, 0.05) is 30.9 Å². The Balaban J connectivity index is 3.08. The number of ether oxygens (including phenoxy) is 1. The van der Waals surface area contributed by atoms with Gasteiger partial charge in [0.15, 0.2) is 0 Å². The van der Waals surface area contributed by atoms with Crippen LogP contribution in [0.2, 0.25) is 0 Å². The molecule has 110 valence electrons. The number of nitrogens with zero attached hydrogens (tertiary/aromatic N) is 1. The van der Waals surface area contributed by atoms with Gasteiger partial charge in [0.1, 0.15) is 0 Å². The van der Waals surface area contributed by atoms with Crippen molar-refractivity contribution < 1.29 is 9.53 Å². The van der Waals surface area contributed by atoms with Crippen LogP contribution in [0, 0.1) is 0 Å². The molecule has 0 radical (unpaired) electrons. The molecule has 0 aliphatic carbocycles. The minimum absolute atomic E-state index is 0.350. The van der Waals surface area contributed by atoms with Crippen molar-refractivity contribution in [2.45, 2.75) is 6.92 Å². The molecule has 0 unspecified atom stereocenters. The first-order valence-corrected chi connectivity index (χ1v) is 7.60. The topological polar surface area (TPSA) is 29.5 Å². The van der Waals surface area contributed by atoms with Crippen LogP contribution in [-0.2, 0) is 9.53 Å². The summed E-state index contributed by atoms with van der Waals surface area (Å²) in [7, 11) is 0. The normalized spacial score (nSPS) is 11.2. The first kappa shape index (κ1) is 16.9. The van der Waals surface area contributed by atoms with Crippen LogP contribution in [0.3, 0.4) is 0 Å². The molecule has 0 N–H and O–H groups in total. The lowest BCUT2D eigenvalue weighted by atomic mass is 10.1. The van der Waals surface area contributed by atoms with Gasteiger partial charge in [-0.25, -0.2) is 4.79 Å². The summed E-state index contributed by atoms with van der Waals surface area (Å²) in [5.74, 6) is 0.564. The van der Waals surface area contributed by atoms with Gasteiger partial charge in [0.25, 0.3) is 0 Å². The van der Waals surface area contributed by atoms with Gasteiger partial charge >= 0.3 is 5.97 Å². The molecule has 5 heteroatoms. The number of hydrogen-bond donors (Lipinski definition) is 0. The van der Waals surface area contributed by atoms with E-state index < -0.39 is 0 Å². The third-order valence-corrected chi connectivity index (χ3v) is 3.00. The predicted molar refractivity (Wildman–Crippen MR) is 84.1 cm³/mol. The van der Waals surface area contributed by atoms with E-state index in [1.807, 2.05) is 35.2 Å². The lowest BCUT2D eigenvalue weighted by Crippen LogP contribution is -2.27. The van der Waals surface area contributed by atoms with Crippen LogP contribution in [0.15, 0.2) is 36.4 Å². The van der Waals surface area contributed by atoms with Gasteiger partial charge in [-0.15, -0.1) is 23.2 Å². The van der Waals surface area contributed by atoms with Gasteiger partial charge in [-0.1, -0.05) is 30.3 Å². The van der Waals surface area contributed by atoms with Gasteiger partial charge < -0.3 is 9.64 Å². The summed E-state index contributed by atoms with van der Waals surface area (Å²) in [6.07, 6.45) is 1.50. The van der Waals surface area contributed by atoms with Gasteiger partial charge in [-0.3, -0.25) is 0 Å². The van der Waals surface area contributed by atoms with Crippen LogP contribution in [0.1, 0.15) is 12.5 Å². The summed E-state index contributed by atoms with van der Waals surface area (Å²) in [5.41, 5.74) is 1.72. The molecular formula is C15H19Cl2NO2. The first-order chi connectivity index (χ1) is 9.72. The fourth-order valence-electron chi connectivity index (χ4n) is 1.82. The maximum Gasteiger partial charge on any atom is 0.332 e. The van der Waals surface area contributed by atoms with E-state index in [0.29, 0.717) is 31.5 Å². The SMILES string of the molecule is CCOC(=O)/C=C(\c1ccccc1)N(CCCl)CCCl. The van der Waals surface area contributed by atoms with Crippen molar-refractivity contribution in [3.05, 3.63) is 42.0 Å². The molecule has 0 aliphatic heterocycles. The van der Waals surface area contributed by atoms with E-state index >= 15 is 0 Å². The van der Waals surface area contributed by atoms with E-state index in [-0.39, 0.29) is 5.97 Å². The molecular weight excluding hydrogens is 297 g/mol. The summed E-state index contributed by atoms with van der Waals surface area (Å²) >= 11 is 11.7. The molecule has 20 heavy (non-hydrogen) atoms. The van der Waals surface area contributed by atoms with Crippen LogP contribution in [0.25, 0.3) is 5.70 Å². The minimum Gasteiger partial charge on any atom is -0.463 e. The third-order valence-electron chi connectivity index (χ3n) is 2.66. The Morgan fingerprint density at radius 2 is 1.80 bits per heavy atom. The highest BCUT2D eigenvalue weighted by atomic mass is 35.5. The molecule has 0 aromatic heterocycles. The van der Waals surface area contributed by atoms with Crippen molar-refractivity contribution in [1.82, 2.24) is 4.90 Å².